The Labute approximate surface area is 116 Å². The Morgan fingerprint density at radius 2 is 2.30 bits per heavy atom. The molecule has 0 radical (unpaired) electrons. The summed E-state index contributed by atoms with van der Waals surface area (Å²) in [7, 11) is 1.97. The number of imidazole rings is 1. The molecule has 20 heavy (non-hydrogen) atoms. The van der Waals surface area contributed by atoms with Gasteiger partial charge in [-0.15, -0.1) is 0 Å². The molecular weight excluding hydrogens is 254 g/mol. The van der Waals surface area contributed by atoms with Gasteiger partial charge < -0.3 is 14.3 Å². The van der Waals surface area contributed by atoms with Gasteiger partial charge in [-0.2, -0.15) is 0 Å². The topological polar surface area (TPSA) is 60.1 Å². The lowest BCUT2D eigenvalue weighted by Gasteiger charge is -2.04. The van der Waals surface area contributed by atoms with E-state index in [1.165, 1.54) is 6.26 Å². The second-order valence-electron chi connectivity index (χ2n) is 4.66. The van der Waals surface area contributed by atoms with Gasteiger partial charge >= 0.3 is 0 Å². The SMILES string of the molecule is Cn1cnc2cc(CCNC(=O)c3ccco3)ccc21. The highest BCUT2D eigenvalue weighted by atomic mass is 16.3. The predicted molar refractivity (Wildman–Crippen MR) is 75.5 cm³/mol. The van der Waals surface area contributed by atoms with E-state index in [1.54, 1.807) is 18.5 Å². The standard InChI is InChI=1S/C15H15N3O2/c1-18-10-17-12-9-11(4-5-13(12)18)6-7-16-15(19)14-3-2-8-20-14/h2-5,8-10H,6-7H2,1H3,(H,16,19). The number of carbonyl (C=O) groups excluding carboxylic acids is 1. The third kappa shape index (κ3) is 2.42. The molecule has 5 nitrogen and oxygen atoms in total. The van der Waals surface area contributed by atoms with Crippen LogP contribution in [0.4, 0.5) is 0 Å². The van der Waals surface area contributed by atoms with Crippen molar-refractivity contribution in [2.45, 2.75) is 6.42 Å². The molecular formula is C15H15N3O2. The molecule has 1 aromatic carbocycles. The van der Waals surface area contributed by atoms with E-state index in [2.05, 4.69) is 16.4 Å². The van der Waals surface area contributed by atoms with Gasteiger partial charge in [-0.05, 0) is 36.2 Å². The predicted octanol–water partition coefficient (Wildman–Crippen LogP) is 2.14. The van der Waals surface area contributed by atoms with Crippen molar-refractivity contribution in [3.05, 3.63) is 54.2 Å². The molecule has 0 aliphatic rings. The molecule has 0 saturated heterocycles. The number of fused-ring (bicyclic) bond motifs is 1. The maximum atomic E-state index is 11.7. The lowest BCUT2D eigenvalue weighted by Crippen LogP contribution is -2.25. The van der Waals surface area contributed by atoms with Gasteiger partial charge in [0.05, 0.1) is 23.6 Å². The zero-order valence-corrected chi connectivity index (χ0v) is 11.2. The molecule has 0 atom stereocenters. The van der Waals surface area contributed by atoms with Gasteiger partial charge in [0.25, 0.3) is 5.91 Å². The van der Waals surface area contributed by atoms with Crippen molar-refractivity contribution in [1.29, 1.82) is 0 Å². The van der Waals surface area contributed by atoms with Crippen LogP contribution in [0.3, 0.4) is 0 Å². The number of carbonyl (C=O) groups is 1. The van der Waals surface area contributed by atoms with Crippen molar-refractivity contribution in [3.8, 4) is 0 Å². The van der Waals surface area contributed by atoms with Crippen LogP contribution in [-0.2, 0) is 13.5 Å². The van der Waals surface area contributed by atoms with E-state index in [9.17, 15) is 4.79 Å². The summed E-state index contributed by atoms with van der Waals surface area (Å²) >= 11 is 0. The van der Waals surface area contributed by atoms with Crippen LogP contribution in [0.1, 0.15) is 16.1 Å². The monoisotopic (exact) mass is 269 g/mol. The summed E-state index contributed by atoms with van der Waals surface area (Å²) in [4.78, 5) is 16.0. The molecule has 0 saturated carbocycles. The van der Waals surface area contributed by atoms with Gasteiger partial charge in [-0.3, -0.25) is 4.79 Å². The van der Waals surface area contributed by atoms with E-state index >= 15 is 0 Å². The number of aromatic nitrogens is 2. The van der Waals surface area contributed by atoms with Crippen molar-refractivity contribution in [2.75, 3.05) is 6.54 Å². The van der Waals surface area contributed by atoms with E-state index < -0.39 is 0 Å². The Kier molecular flexibility index (Phi) is 3.25. The average Bonchev–Trinajstić information content (AvgIpc) is 3.09. The number of aryl methyl sites for hydroxylation is 1. The largest absolute Gasteiger partial charge is 0.459 e. The van der Waals surface area contributed by atoms with Crippen molar-refractivity contribution in [3.63, 3.8) is 0 Å². The molecule has 0 bridgehead atoms. The number of amides is 1. The van der Waals surface area contributed by atoms with Crippen LogP contribution in [0.15, 0.2) is 47.3 Å². The van der Waals surface area contributed by atoms with Gasteiger partial charge in [0.15, 0.2) is 5.76 Å². The van der Waals surface area contributed by atoms with Gasteiger partial charge in [0.2, 0.25) is 0 Å². The van der Waals surface area contributed by atoms with Crippen molar-refractivity contribution in [2.24, 2.45) is 7.05 Å². The first-order valence-corrected chi connectivity index (χ1v) is 6.46. The summed E-state index contributed by atoms with van der Waals surface area (Å²) in [5.74, 6) is 0.152. The number of furan rings is 1. The highest BCUT2D eigenvalue weighted by Gasteiger charge is 2.07. The second kappa shape index (κ2) is 5.21. The minimum absolute atomic E-state index is 0.186. The summed E-state index contributed by atoms with van der Waals surface area (Å²) in [5, 5.41) is 2.83. The van der Waals surface area contributed by atoms with Crippen molar-refractivity contribution < 1.29 is 9.21 Å². The maximum Gasteiger partial charge on any atom is 0.286 e. The average molecular weight is 269 g/mol. The lowest BCUT2D eigenvalue weighted by molar-refractivity contribution is 0.0926. The lowest BCUT2D eigenvalue weighted by atomic mass is 10.1. The molecule has 5 heteroatoms. The van der Waals surface area contributed by atoms with Crippen LogP contribution in [0.2, 0.25) is 0 Å². The molecule has 1 amide bonds. The van der Waals surface area contributed by atoms with Gasteiger partial charge in [-0.25, -0.2) is 4.98 Å². The third-order valence-electron chi connectivity index (χ3n) is 3.23. The fourth-order valence-corrected chi connectivity index (χ4v) is 2.15. The van der Waals surface area contributed by atoms with Crippen molar-refractivity contribution in [1.82, 2.24) is 14.9 Å². The Hall–Kier alpha value is -2.56. The molecule has 3 aromatic rings. The quantitative estimate of drug-likeness (QED) is 0.789. The summed E-state index contributed by atoms with van der Waals surface area (Å²) < 4.78 is 7.02. The number of hydrogen-bond donors (Lipinski definition) is 1. The first-order chi connectivity index (χ1) is 9.74. The maximum absolute atomic E-state index is 11.7. The van der Waals surface area contributed by atoms with E-state index in [-0.39, 0.29) is 5.91 Å². The number of benzene rings is 1. The Bertz CT molecular complexity index is 729. The Morgan fingerprint density at radius 1 is 1.40 bits per heavy atom. The molecule has 0 spiro atoms. The third-order valence-corrected chi connectivity index (χ3v) is 3.23. The fourth-order valence-electron chi connectivity index (χ4n) is 2.15. The van der Waals surface area contributed by atoms with Crippen LogP contribution in [-0.4, -0.2) is 22.0 Å². The summed E-state index contributed by atoms with van der Waals surface area (Å²) in [6, 6.07) is 9.50. The van der Waals surface area contributed by atoms with Crippen molar-refractivity contribution >= 4 is 16.9 Å². The molecule has 102 valence electrons. The fraction of sp³-hybridized carbons (Fsp3) is 0.200. The molecule has 0 unspecified atom stereocenters. The molecule has 2 heterocycles. The number of nitrogens with zero attached hydrogens (tertiary/aromatic N) is 2. The molecule has 0 aliphatic heterocycles. The van der Waals surface area contributed by atoms with Crippen LogP contribution in [0.5, 0.6) is 0 Å². The molecule has 3 rings (SSSR count). The van der Waals surface area contributed by atoms with Crippen LogP contribution < -0.4 is 5.32 Å². The first-order valence-electron chi connectivity index (χ1n) is 6.46. The highest BCUT2D eigenvalue weighted by molar-refractivity contribution is 5.91. The minimum atomic E-state index is -0.186. The minimum Gasteiger partial charge on any atom is -0.459 e. The Balaban J connectivity index is 1.61. The van der Waals surface area contributed by atoms with E-state index in [0.29, 0.717) is 12.3 Å². The van der Waals surface area contributed by atoms with Crippen LogP contribution in [0, 0.1) is 0 Å². The van der Waals surface area contributed by atoms with E-state index in [4.69, 9.17) is 4.42 Å². The van der Waals surface area contributed by atoms with Gasteiger partial charge in [0, 0.05) is 13.6 Å². The van der Waals surface area contributed by atoms with Gasteiger partial charge in [-0.1, -0.05) is 6.07 Å². The molecule has 2 aromatic heterocycles. The molecule has 1 N–H and O–H groups in total. The number of nitrogens with one attached hydrogen (secondary N) is 1. The number of rotatable bonds is 4. The van der Waals surface area contributed by atoms with E-state index in [1.807, 2.05) is 23.7 Å². The summed E-state index contributed by atoms with van der Waals surface area (Å²) in [5.41, 5.74) is 3.23. The van der Waals surface area contributed by atoms with Crippen LogP contribution in [0.25, 0.3) is 11.0 Å². The number of hydrogen-bond acceptors (Lipinski definition) is 3. The molecule has 0 aliphatic carbocycles. The summed E-state index contributed by atoms with van der Waals surface area (Å²) in [6.07, 6.45) is 4.05. The van der Waals surface area contributed by atoms with Gasteiger partial charge in [0.1, 0.15) is 0 Å². The van der Waals surface area contributed by atoms with E-state index in [0.717, 1.165) is 23.0 Å². The zero-order valence-electron chi connectivity index (χ0n) is 11.2. The smallest absolute Gasteiger partial charge is 0.286 e. The Morgan fingerprint density at radius 3 is 3.10 bits per heavy atom. The normalized spacial score (nSPS) is 10.8. The summed E-state index contributed by atoms with van der Waals surface area (Å²) in [6.45, 7) is 0.567. The molecule has 0 fully saturated rings. The van der Waals surface area contributed by atoms with Crippen LogP contribution >= 0.6 is 0 Å². The second-order valence-corrected chi connectivity index (χ2v) is 4.66. The highest BCUT2D eigenvalue weighted by Crippen LogP contribution is 2.14. The zero-order chi connectivity index (χ0) is 13.9. The first kappa shape index (κ1) is 12.5.